The monoisotopic (exact) mass is 357 g/mol. The van der Waals surface area contributed by atoms with Gasteiger partial charge < -0.3 is 5.32 Å². The number of aromatic nitrogens is 4. The van der Waals surface area contributed by atoms with Crippen molar-refractivity contribution >= 4 is 23.1 Å². The third-order valence-corrected chi connectivity index (χ3v) is 3.23. The molecule has 24 heavy (non-hydrogen) atoms. The predicted octanol–water partition coefficient (Wildman–Crippen LogP) is 3.24. The van der Waals surface area contributed by atoms with E-state index in [1.807, 2.05) is 0 Å². The lowest BCUT2D eigenvalue weighted by Gasteiger charge is -2.12. The summed E-state index contributed by atoms with van der Waals surface area (Å²) in [6, 6.07) is 3.30. The molecule has 11 heteroatoms. The average Bonchev–Trinajstić information content (AvgIpc) is 2.95. The number of nitrogens with zero attached hydrogens (tertiary/aromatic N) is 3. The second-order valence-electron chi connectivity index (χ2n) is 4.51. The van der Waals surface area contributed by atoms with Gasteiger partial charge in [-0.3, -0.25) is 9.51 Å². The number of H-pyrrole nitrogens is 1. The zero-order valence-electron chi connectivity index (χ0n) is 11.6. The molecule has 124 valence electrons. The fourth-order valence-corrected chi connectivity index (χ4v) is 2.12. The molecule has 0 aliphatic carbocycles. The Hall–Kier alpha value is -2.88. The standard InChI is InChI=1S/C13H7ClF3N5O2/c14-8-2-1-6(5-7(8)13(15,16)17)20-10-9(18-3-4-19-10)11-21-12(23)24-22-11/h1-5H,(H,19,20)(H,21,22,23). The molecular weight excluding hydrogens is 351 g/mol. The summed E-state index contributed by atoms with van der Waals surface area (Å²) in [5.74, 6) is -0.731. The summed E-state index contributed by atoms with van der Waals surface area (Å²) in [6.07, 6.45) is -1.95. The molecule has 3 rings (SSSR count). The lowest BCUT2D eigenvalue weighted by Crippen LogP contribution is -2.07. The van der Waals surface area contributed by atoms with Crippen molar-refractivity contribution in [3.8, 4) is 11.5 Å². The zero-order valence-corrected chi connectivity index (χ0v) is 12.3. The molecule has 0 spiro atoms. The molecule has 0 radical (unpaired) electrons. The van der Waals surface area contributed by atoms with Gasteiger partial charge in [0.25, 0.3) is 0 Å². The van der Waals surface area contributed by atoms with Crippen LogP contribution in [0.25, 0.3) is 11.5 Å². The number of rotatable bonds is 3. The van der Waals surface area contributed by atoms with Crippen molar-refractivity contribution in [2.24, 2.45) is 0 Å². The van der Waals surface area contributed by atoms with Crippen molar-refractivity contribution in [3.05, 3.63) is 51.7 Å². The van der Waals surface area contributed by atoms with Crippen molar-refractivity contribution in [3.63, 3.8) is 0 Å². The van der Waals surface area contributed by atoms with Crippen molar-refractivity contribution in [2.45, 2.75) is 6.18 Å². The van der Waals surface area contributed by atoms with Crippen molar-refractivity contribution in [1.82, 2.24) is 20.1 Å². The highest BCUT2D eigenvalue weighted by molar-refractivity contribution is 6.31. The summed E-state index contributed by atoms with van der Waals surface area (Å²) in [6.45, 7) is 0. The van der Waals surface area contributed by atoms with E-state index < -0.39 is 22.5 Å². The Morgan fingerprint density at radius 1 is 1.21 bits per heavy atom. The van der Waals surface area contributed by atoms with Crippen LogP contribution in [0, 0.1) is 0 Å². The molecule has 3 aromatic rings. The lowest BCUT2D eigenvalue weighted by molar-refractivity contribution is -0.137. The molecular formula is C13H7ClF3N5O2. The highest BCUT2D eigenvalue weighted by Gasteiger charge is 2.33. The normalized spacial score (nSPS) is 11.5. The van der Waals surface area contributed by atoms with E-state index in [9.17, 15) is 18.0 Å². The van der Waals surface area contributed by atoms with E-state index in [1.54, 1.807) is 0 Å². The van der Waals surface area contributed by atoms with Crippen LogP contribution in [-0.4, -0.2) is 20.1 Å². The van der Waals surface area contributed by atoms with Crippen LogP contribution in [0.5, 0.6) is 0 Å². The molecule has 0 unspecified atom stereocenters. The number of anilines is 2. The number of hydrogen-bond acceptors (Lipinski definition) is 6. The Kier molecular flexibility index (Phi) is 3.97. The summed E-state index contributed by atoms with van der Waals surface area (Å²) in [5.41, 5.74) is -0.805. The fraction of sp³-hybridized carbons (Fsp3) is 0.0769. The topological polar surface area (TPSA) is 96.7 Å². The molecule has 2 N–H and O–H groups in total. The first kappa shape index (κ1) is 16.0. The third-order valence-electron chi connectivity index (χ3n) is 2.90. The van der Waals surface area contributed by atoms with E-state index in [2.05, 4.69) is 29.9 Å². The Morgan fingerprint density at radius 3 is 2.62 bits per heavy atom. The minimum absolute atomic E-state index is 0.0133. The molecule has 0 atom stereocenters. The summed E-state index contributed by atoms with van der Waals surface area (Å²) < 4.78 is 43.1. The van der Waals surface area contributed by atoms with Gasteiger partial charge in [0, 0.05) is 18.1 Å². The number of nitrogens with one attached hydrogen (secondary N) is 2. The van der Waals surface area contributed by atoms with E-state index in [4.69, 9.17) is 11.6 Å². The number of hydrogen-bond donors (Lipinski definition) is 2. The van der Waals surface area contributed by atoms with Crippen LogP contribution >= 0.6 is 11.6 Å². The second-order valence-corrected chi connectivity index (χ2v) is 4.92. The largest absolute Gasteiger partial charge is 0.439 e. The molecule has 0 fully saturated rings. The van der Waals surface area contributed by atoms with E-state index in [1.165, 1.54) is 18.5 Å². The minimum atomic E-state index is -4.60. The van der Waals surface area contributed by atoms with Crippen LogP contribution < -0.4 is 11.1 Å². The highest BCUT2D eigenvalue weighted by Crippen LogP contribution is 2.37. The minimum Gasteiger partial charge on any atom is -0.338 e. The van der Waals surface area contributed by atoms with Crippen molar-refractivity contribution in [1.29, 1.82) is 0 Å². The number of aromatic amines is 1. The van der Waals surface area contributed by atoms with Crippen LogP contribution in [0.15, 0.2) is 39.9 Å². The first-order valence-corrected chi connectivity index (χ1v) is 6.73. The van der Waals surface area contributed by atoms with Crippen molar-refractivity contribution < 1.29 is 17.7 Å². The molecule has 0 aliphatic rings. The maximum atomic E-state index is 12.9. The molecule has 0 saturated carbocycles. The average molecular weight is 358 g/mol. The number of halogens is 4. The highest BCUT2D eigenvalue weighted by atomic mass is 35.5. The first-order valence-electron chi connectivity index (χ1n) is 6.36. The molecule has 1 aromatic carbocycles. The molecule has 7 nitrogen and oxygen atoms in total. The number of benzene rings is 1. The van der Waals surface area contributed by atoms with Gasteiger partial charge in [-0.1, -0.05) is 16.8 Å². The summed E-state index contributed by atoms with van der Waals surface area (Å²) in [7, 11) is 0. The zero-order chi connectivity index (χ0) is 17.3. The smallest absolute Gasteiger partial charge is 0.338 e. The summed E-state index contributed by atoms with van der Waals surface area (Å²) in [5, 5.41) is 5.73. The summed E-state index contributed by atoms with van der Waals surface area (Å²) >= 11 is 5.58. The molecule has 0 amide bonds. The van der Waals surface area contributed by atoms with Crippen LogP contribution in [-0.2, 0) is 6.18 Å². The van der Waals surface area contributed by atoms with Crippen LogP contribution in [0.1, 0.15) is 5.56 Å². The lowest BCUT2D eigenvalue weighted by atomic mass is 10.2. The van der Waals surface area contributed by atoms with Crippen LogP contribution in [0.4, 0.5) is 24.7 Å². The van der Waals surface area contributed by atoms with Crippen LogP contribution in [0.2, 0.25) is 5.02 Å². The van der Waals surface area contributed by atoms with E-state index in [-0.39, 0.29) is 23.0 Å². The van der Waals surface area contributed by atoms with Gasteiger partial charge in [-0.15, -0.1) is 0 Å². The van der Waals surface area contributed by atoms with Crippen molar-refractivity contribution in [2.75, 3.05) is 5.32 Å². The second kappa shape index (κ2) is 5.96. The number of alkyl halides is 3. The first-order chi connectivity index (χ1) is 11.3. The molecule has 2 aromatic heterocycles. The molecule has 0 bridgehead atoms. The van der Waals surface area contributed by atoms with Gasteiger partial charge in [0.2, 0.25) is 5.82 Å². The third kappa shape index (κ3) is 3.23. The summed E-state index contributed by atoms with van der Waals surface area (Å²) in [4.78, 5) is 21.3. The Labute approximate surface area is 136 Å². The Balaban J connectivity index is 2.00. The van der Waals surface area contributed by atoms with Gasteiger partial charge in [-0.05, 0) is 18.2 Å². The molecule has 0 aliphatic heterocycles. The SMILES string of the molecule is O=c1[nH]c(-c2nccnc2Nc2ccc(Cl)c(C(F)(F)F)c2)no1. The van der Waals surface area contributed by atoms with Gasteiger partial charge in [0.1, 0.15) is 0 Å². The Morgan fingerprint density at radius 2 is 1.96 bits per heavy atom. The van der Waals surface area contributed by atoms with E-state index in [0.717, 1.165) is 12.1 Å². The quantitative estimate of drug-likeness (QED) is 0.747. The molecule has 2 heterocycles. The van der Waals surface area contributed by atoms with Gasteiger partial charge >= 0.3 is 11.9 Å². The van der Waals surface area contributed by atoms with Gasteiger partial charge in [0.05, 0.1) is 10.6 Å². The van der Waals surface area contributed by atoms with E-state index >= 15 is 0 Å². The Bertz CT molecular complexity index is 938. The van der Waals surface area contributed by atoms with Gasteiger partial charge in [0.15, 0.2) is 11.5 Å². The van der Waals surface area contributed by atoms with Crippen LogP contribution in [0.3, 0.4) is 0 Å². The maximum Gasteiger partial charge on any atom is 0.439 e. The molecule has 0 saturated heterocycles. The van der Waals surface area contributed by atoms with Gasteiger partial charge in [-0.2, -0.15) is 13.2 Å². The fourth-order valence-electron chi connectivity index (χ4n) is 1.89. The predicted molar refractivity (Wildman–Crippen MR) is 77.9 cm³/mol. The van der Waals surface area contributed by atoms with E-state index in [0.29, 0.717) is 0 Å². The van der Waals surface area contributed by atoms with Gasteiger partial charge in [-0.25, -0.2) is 14.8 Å². The maximum absolute atomic E-state index is 12.9.